The fourth-order valence-electron chi connectivity index (χ4n) is 2.11. The van der Waals surface area contributed by atoms with Crippen molar-refractivity contribution in [2.75, 3.05) is 26.8 Å². The van der Waals surface area contributed by atoms with Crippen LogP contribution >= 0.6 is 0 Å². The zero-order valence-electron chi connectivity index (χ0n) is 12.3. The molecule has 0 N–H and O–H groups in total. The predicted octanol–water partition coefficient (Wildman–Crippen LogP) is 2.97. The Hall–Kier alpha value is -1.65. The zero-order chi connectivity index (χ0) is 14.5. The van der Waals surface area contributed by atoms with Crippen LogP contribution in [0.1, 0.15) is 24.4 Å². The van der Waals surface area contributed by atoms with Crippen molar-refractivity contribution in [2.24, 2.45) is 0 Å². The predicted molar refractivity (Wildman–Crippen MR) is 79.1 cm³/mol. The molecule has 4 nitrogen and oxygen atoms in total. The number of furan rings is 1. The number of nitrogens with zero attached hydrogens (tertiary/aromatic N) is 1. The van der Waals surface area contributed by atoms with Gasteiger partial charge in [-0.2, -0.15) is 0 Å². The number of fused-ring (bicyclic) bond motifs is 1. The SMILES string of the molecule is COCCN(CC(=O)c1cc2ccccc2o1)C(C)C. The van der Waals surface area contributed by atoms with Crippen LogP contribution in [0.4, 0.5) is 0 Å². The van der Waals surface area contributed by atoms with E-state index in [9.17, 15) is 4.79 Å². The molecule has 1 aromatic heterocycles. The molecule has 2 aromatic rings. The normalized spacial score (nSPS) is 11.7. The smallest absolute Gasteiger partial charge is 0.211 e. The molecule has 1 heterocycles. The van der Waals surface area contributed by atoms with Gasteiger partial charge < -0.3 is 9.15 Å². The van der Waals surface area contributed by atoms with E-state index in [4.69, 9.17) is 9.15 Å². The Morgan fingerprint density at radius 2 is 2.10 bits per heavy atom. The highest BCUT2D eigenvalue weighted by atomic mass is 16.5. The average Bonchev–Trinajstić information content (AvgIpc) is 2.86. The van der Waals surface area contributed by atoms with Crippen molar-refractivity contribution in [3.8, 4) is 0 Å². The molecule has 0 aliphatic carbocycles. The van der Waals surface area contributed by atoms with Crippen molar-refractivity contribution in [3.63, 3.8) is 0 Å². The third-order valence-corrected chi connectivity index (χ3v) is 3.36. The molecule has 0 aliphatic heterocycles. The van der Waals surface area contributed by atoms with Gasteiger partial charge in [0.25, 0.3) is 0 Å². The van der Waals surface area contributed by atoms with E-state index >= 15 is 0 Å². The first kappa shape index (κ1) is 14.8. The van der Waals surface area contributed by atoms with Crippen LogP contribution in [-0.4, -0.2) is 43.5 Å². The van der Waals surface area contributed by atoms with Gasteiger partial charge in [0.05, 0.1) is 13.2 Å². The van der Waals surface area contributed by atoms with Gasteiger partial charge in [0.15, 0.2) is 5.76 Å². The number of hydrogen-bond donors (Lipinski definition) is 0. The number of rotatable bonds is 7. The standard InChI is InChI=1S/C16H21NO3/c1-12(2)17(8-9-19-3)11-14(18)16-10-13-6-4-5-7-15(13)20-16/h4-7,10,12H,8-9,11H2,1-3H3. The molecular weight excluding hydrogens is 254 g/mol. The third kappa shape index (κ3) is 3.46. The second-order valence-corrected chi connectivity index (χ2v) is 5.13. The number of para-hydroxylation sites is 1. The minimum atomic E-state index is 0.00556. The fraction of sp³-hybridized carbons (Fsp3) is 0.438. The molecule has 2 rings (SSSR count). The maximum Gasteiger partial charge on any atom is 0.211 e. The average molecular weight is 275 g/mol. The van der Waals surface area contributed by atoms with Gasteiger partial charge >= 0.3 is 0 Å². The summed E-state index contributed by atoms with van der Waals surface area (Å²) in [7, 11) is 1.67. The first-order valence-corrected chi connectivity index (χ1v) is 6.86. The summed E-state index contributed by atoms with van der Waals surface area (Å²) in [5, 5.41) is 0.962. The van der Waals surface area contributed by atoms with Gasteiger partial charge in [-0.25, -0.2) is 0 Å². The summed E-state index contributed by atoms with van der Waals surface area (Å²) in [5.41, 5.74) is 0.754. The quantitative estimate of drug-likeness (QED) is 0.729. The number of ketones is 1. The number of carbonyl (C=O) groups is 1. The van der Waals surface area contributed by atoms with Gasteiger partial charge in [-0.15, -0.1) is 0 Å². The lowest BCUT2D eigenvalue weighted by Crippen LogP contribution is -2.37. The molecule has 0 saturated carbocycles. The van der Waals surface area contributed by atoms with Gasteiger partial charge in [-0.05, 0) is 26.0 Å². The van der Waals surface area contributed by atoms with Crippen molar-refractivity contribution in [3.05, 3.63) is 36.1 Å². The Labute approximate surface area is 119 Å². The van der Waals surface area contributed by atoms with Crippen molar-refractivity contribution in [1.29, 1.82) is 0 Å². The Morgan fingerprint density at radius 3 is 2.75 bits per heavy atom. The van der Waals surface area contributed by atoms with Crippen molar-refractivity contribution >= 4 is 16.8 Å². The van der Waals surface area contributed by atoms with Crippen LogP contribution in [-0.2, 0) is 4.74 Å². The zero-order valence-corrected chi connectivity index (χ0v) is 12.3. The molecule has 0 unspecified atom stereocenters. The minimum absolute atomic E-state index is 0.00556. The lowest BCUT2D eigenvalue weighted by Gasteiger charge is -2.24. The van der Waals surface area contributed by atoms with Crippen LogP contribution in [0.2, 0.25) is 0 Å². The molecule has 0 spiro atoms. The first-order chi connectivity index (χ1) is 9.61. The molecule has 0 aliphatic rings. The molecule has 4 heteroatoms. The van der Waals surface area contributed by atoms with Gasteiger partial charge in [0, 0.05) is 25.1 Å². The van der Waals surface area contributed by atoms with Crippen LogP contribution in [0, 0.1) is 0 Å². The van der Waals surface area contributed by atoms with Crippen LogP contribution in [0.15, 0.2) is 34.7 Å². The van der Waals surface area contributed by atoms with Gasteiger partial charge in [-0.3, -0.25) is 9.69 Å². The second-order valence-electron chi connectivity index (χ2n) is 5.13. The maximum absolute atomic E-state index is 12.3. The summed E-state index contributed by atoms with van der Waals surface area (Å²) in [6.45, 7) is 5.84. The third-order valence-electron chi connectivity index (χ3n) is 3.36. The van der Waals surface area contributed by atoms with Crippen molar-refractivity contribution in [2.45, 2.75) is 19.9 Å². The molecule has 0 bridgehead atoms. The van der Waals surface area contributed by atoms with Crippen molar-refractivity contribution in [1.82, 2.24) is 4.90 Å². The van der Waals surface area contributed by atoms with Crippen LogP contribution in [0.5, 0.6) is 0 Å². The molecule has 1 aromatic carbocycles. The molecular formula is C16H21NO3. The summed E-state index contributed by atoms with van der Waals surface area (Å²) >= 11 is 0. The van der Waals surface area contributed by atoms with Gasteiger partial charge in [0.1, 0.15) is 5.58 Å². The minimum Gasteiger partial charge on any atom is -0.453 e. The molecule has 108 valence electrons. The van der Waals surface area contributed by atoms with Crippen LogP contribution < -0.4 is 0 Å². The number of Topliss-reactive ketones (excluding diaryl/α,β-unsaturated/α-hetero) is 1. The highest BCUT2D eigenvalue weighted by molar-refractivity contribution is 5.98. The molecule has 0 amide bonds. The number of hydrogen-bond acceptors (Lipinski definition) is 4. The molecule has 0 fully saturated rings. The molecule has 20 heavy (non-hydrogen) atoms. The summed E-state index contributed by atoms with van der Waals surface area (Å²) < 4.78 is 10.7. The van der Waals surface area contributed by atoms with E-state index < -0.39 is 0 Å². The first-order valence-electron chi connectivity index (χ1n) is 6.86. The summed E-state index contributed by atoms with van der Waals surface area (Å²) in [6.07, 6.45) is 0. The Balaban J connectivity index is 2.09. The topological polar surface area (TPSA) is 42.7 Å². The molecule has 0 atom stereocenters. The number of carbonyl (C=O) groups excluding carboxylic acids is 1. The summed E-state index contributed by atoms with van der Waals surface area (Å²) in [4.78, 5) is 14.4. The van der Waals surface area contributed by atoms with E-state index in [1.807, 2.05) is 30.3 Å². The second kappa shape index (κ2) is 6.68. The Bertz CT molecular complexity index is 541. The lowest BCUT2D eigenvalue weighted by molar-refractivity contribution is 0.0828. The number of benzene rings is 1. The van der Waals surface area contributed by atoms with Gasteiger partial charge in [0.2, 0.25) is 5.78 Å². The van der Waals surface area contributed by atoms with E-state index in [-0.39, 0.29) is 5.78 Å². The largest absolute Gasteiger partial charge is 0.453 e. The lowest BCUT2D eigenvalue weighted by atomic mass is 10.2. The Kier molecular flexibility index (Phi) is 4.93. The summed E-state index contributed by atoms with van der Waals surface area (Å²) in [5.74, 6) is 0.431. The Morgan fingerprint density at radius 1 is 1.35 bits per heavy atom. The van der Waals surface area contributed by atoms with E-state index in [0.717, 1.165) is 17.5 Å². The van der Waals surface area contributed by atoms with E-state index in [2.05, 4.69) is 18.7 Å². The van der Waals surface area contributed by atoms with Crippen molar-refractivity contribution < 1.29 is 13.9 Å². The van der Waals surface area contributed by atoms with Crippen LogP contribution in [0.25, 0.3) is 11.0 Å². The monoisotopic (exact) mass is 275 g/mol. The van der Waals surface area contributed by atoms with E-state index in [1.165, 1.54) is 0 Å². The fourth-order valence-corrected chi connectivity index (χ4v) is 2.11. The number of ether oxygens (including phenoxy) is 1. The molecule has 0 saturated heterocycles. The highest BCUT2D eigenvalue weighted by Gasteiger charge is 2.18. The number of methoxy groups -OCH3 is 1. The highest BCUT2D eigenvalue weighted by Crippen LogP contribution is 2.19. The van der Waals surface area contributed by atoms with E-state index in [0.29, 0.717) is 25.0 Å². The van der Waals surface area contributed by atoms with E-state index in [1.54, 1.807) is 7.11 Å². The van der Waals surface area contributed by atoms with Gasteiger partial charge in [-0.1, -0.05) is 18.2 Å². The summed E-state index contributed by atoms with van der Waals surface area (Å²) in [6, 6.07) is 9.76. The molecule has 0 radical (unpaired) electrons. The van der Waals surface area contributed by atoms with Crippen LogP contribution in [0.3, 0.4) is 0 Å². The maximum atomic E-state index is 12.3.